The lowest BCUT2D eigenvalue weighted by Crippen LogP contribution is -2.29. The first kappa shape index (κ1) is 21.1. The first-order chi connectivity index (χ1) is 14.2. The summed E-state index contributed by atoms with van der Waals surface area (Å²) in [6, 6.07) is 12.0. The number of halogens is 3. The lowest BCUT2D eigenvalue weighted by Gasteiger charge is -2.12. The maximum atomic E-state index is 12.8. The van der Waals surface area contributed by atoms with Crippen molar-refractivity contribution in [3.8, 4) is 5.75 Å². The number of anilines is 1. The summed E-state index contributed by atoms with van der Waals surface area (Å²) in [6.45, 7) is 0.332. The van der Waals surface area contributed by atoms with Gasteiger partial charge in [-0.25, -0.2) is 0 Å². The van der Waals surface area contributed by atoms with Gasteiger partial charge in [0.05, 0.1) is 10.5 Å². The van der Waals surface area contributed by atoms with Crippen molar-refractivity contribution in [3.05, 3.63) is 86.1 Å². The predicted octanol–water partition coefficient (Wildman–Crippen LogP) is 5.01. The summed E-state index contributed by atoms with van der Waals surface area (Å²) >= 11 is 1.52. The van der Waals surface area contributed by atoms with Crippen molar-refractivity contribution < 1.29 is 27.6 Å². The van der Waals surface area contributed by atoms with Crippen molar-refractivity contribution in [3.63, 3.8) is 0 Å². The summed E-state index contributed by atoms with van der Waals surface area (Å²) in [4.78, 5) is 23.5. The van der Waals surface area contributed by atoms with E-state index in [9.17, 15) is 28.1 Å². The van der Waals surface area contributed by atoms with E-state index in [4.69, 9.17) is 4.74 Å². The molecule has 1 aromatic heterocycles. The van der Waals surface area contributed by atoms with Gasteiger partial charge in [-0.2, -0.15) is 13.2 Å². The van der Waals surface area contributed by atoms with Crippen LogP contribution in [-0.4, -0.2) is 10.8 Å². The second kappa shape index (κ2) is 8.82. The number of ether oxygens (including phenoxy) is 1. The normalized spacial score (nSPS) is 11.0. The van der Waals surface area contributed by atoms with Gasteiger partial charge in [-0.15, -0.1) is 11.3 Å². The van der Waals surface area contributed by atoms with Crippen LogP contribution in [0.25, 0.3) is 0 Å². The number of carbonyl (C=O) groups is 1. The molecule has 2 N–H and O–H groups in total. The highest BCUT2D eigenvalue weighted by Gasteiger charge is 2.33. The molecule has 11 heteroatoms. The van der Waals surface area contributed by atoms with E-state index in [-0.39, 0.29) is 11.3 Å². The lowest BCUT2D eigenvalue weighted by atomic mass is 10.1. The number of thiophene rings is 1. The van der Waals surface area contributed by atoms with Gasteiger partial charge in [0.1, 0.15) is 18.0 Å². The highest BCUT2D eigenvalue weighted by molar-refractivity contribution is 7.09. The van der Waals surface area contributed by atoms with E-state index < -0.39 is 28.3 Å². The van der Waals surface area contributed by atoms with E-state index in [0.29, 0.717) is 24.5 Å². The molecule has 3 aromatic rings. The Kier molecular flexibility index (Phi) is 6.21. The molecule has 30 heavy (non-hydrogen) atoms. The van der Waals surface area contributed by atoms with Crippen molar-refractivity contribution in [2.75, 3.05) is 5.43 Å². The van der Waals surface area contributed by atoms with Gasteiger partial charge in [0.25, 0.3) is 11.6 Å². The van der Waals surface area contributed by atoms with Crippen molar-refractivity contribution in [1.82, 2.24) is 5.43 Å². The second-order valence-electron chi connectivity index (χ2n) is 5.96. The summed E-state index contributed by atoms with van der Waals surface area (Å²) < 4.78 is 43.9. The average molecular weight is 437 g/mol. The van der Waals surface area contributed by atoms with E-state index in [1.807, 2.05) is 17.5 Å². The van der Waals surface area contributed by atoms with Crippen LogP contribution in [0.1, 0.15) is 20.8 Å². The van der Waals surface area contributed by atoms with Crippen LogP contribution in [0.2, 0.25) is 0 Å². The molecule has 0 unspecified atom stereocenters. The molecular formula is C19H14F3N3O4S. The summed E-state index contributed by atoms with van der Waals surface area (Å²) in [6.07, 6.45) is -4.73. The van der Waals surface area contributed by atoms with Crippen LogP contribution in [0.4, 0.5) is 24.5 Å². The van der Waals surface area contributed by atoms with Crippen LogP contribution in [-0.2, 0) is 12.8 Å². The van der Waals surface area contributed by atoms with Crippen LogP contribution < -0.4 is 15.6 Å². The third-order valence-corrected chi connectivity index (χ3v) is 4.74. The average Bonchev–Trinajstić information content (AvgIpc) is 3.23. The predicted molar refractivity (Wildman–Crippen MR) is 104 cm³/mol. The fourth-order valence-electron chi connectivity index (χ4n) is 2.44. The molecule has 0 fully saturated rings. The maximum Gasteiger partial charge on any atom is 0.416 e. The number of nitro groups is 1. The fourth-order valence-corrected chi connectivity index (χ4v) is 3.05. The number of hydrogen-bond acceptors (Lipinski definition) is 6. The molecule has 0 radical (unpaired) electrons. The van der Waals surface area contributed by atoms with Crippen LogP contribution in [0.15, 0.2) is 60.0 Å². The van der Waals surface area contributed by atoms with Crippen molar-refractivity contribution in [1.29, 1.82) is 0 Å². The number of nitrogens with one attached hydrogen (secondary N) is 2. The number of benzene rings is 2. The van der Waals surface area contributed by atoms with Crippen LogP contribution in [0.5, 0.6) is 5.75 Å². The molecule has 1 amide bonds. The molecule has 0 atom stereocenters. The topological polar surface area (TPSA) is 93.5 Å². The van der Waals surface area contributed by atoms with Gasteiger partial charge in [0.2, 0.25) is 0 Å². The van der Waals surface area contributed by atoms with Crippen molar-refractivity contribution in [2.45, 2.75) is 12.8 Å². The van der Waals surface area contributed by atoms with Crippen LogP contribution >= 0.6 is 11.3 Å². The first-order valence-corrected chi connectivity index (χ1v) is 9.29. The Morgan fingerprint density at radius 1 is 1.13 bits per heavy atom. The van der Waals surface area contributed by atoms with E-state index in [2.05, 4.69) is 10.9 Å². The van der Waals surface area contributed by atoms with Crippen molar-refractivity contribution >= 4 is 28.6 Å². The molecule has 1 heterocycles. The van der Waals surface area contributed by atoms with Crippen LogP contribution in [0, 0.1) is 10.1 Å². The van der Waals surface area contributed by atoms with Gasteiger partial charge in [-0.1, -0.05) is 12.1 Å². The van der Waals surface area contributed by atoms with Crippen LogP contribution in [0.3, 0.4) is 0 Å². The number of alkyl halides is 3. The quantitative estimate of drug-likeness (QED) is 0.400. The van der Waals surface area contributed by atoms with Crippen molar-refractivity contribution in [2.24, 2.45) is 0 Å². The summed E-state index contributed by atoms with van der Waals surface area (Å²) in [5.41, 5.74) is 2.46. The van der Waals surface area contributed by atoms with Gasteiger partial charge < -0.3 is 4.74 Å². The molecule has 0 aliphatic rings. The third kappa shape index (κ3) is 5.26. The minimum absolute atomic E-state index is 0.195. The summed E-state index contributed by atoms with van der Waals surface area (Å²) in [7, 11) is 0. The molecular weight excluding hydrogens is 423 g/mol. The zero-order valence-corrected chi connectivity index (χ0v) is 15.9. The highest BCUT2D eigenvalue weighted by Crippen LogP contribution is 2.34. The second-order valence-corrected chi connectivity index (χ2v) is 6.99. The highest BCUT2D eigenvalue weighted by atomic mass is 32.1. The first-order valence-electron chi connectivity index (χ1n) is 8.41. The molecule has 0 spiro atoms. The molecule has 2 aromatic carbocycles. The van der Waals surface area contributed by atoms with E-state index in [1.165, 1.54) is 23.5 Å². The number of hydrazine groups is 1. The number of hydrogen-bond donors (Lipinski definition) is 2. The zero-order chi connectivity index (χ0) is 21.7. The van der Waals surface area contributed by atoms with Gasteiger partial charge >= 0.3 is 6.18 Å². The monoisotopic (exact) mass is 437 g/mol. The minimum atomic E-state index is -4.73. The maximum absolute atomic E-state index is 12.8. The Bertz CT molecular complexity index is 1060. The van der Waals surface area contributed by atoms with Gasteiger partial charge in [-0.3, -0.25) is 25.8 Å². The molecule has 0 aliphatic heterocycles. The summed E-state index contributed by atoms with van der Waals surface area (Å²) in [5, 5.41) is 13.0. The van der Waals surface area contributed by atoms with Gasteiger partial charge in [0.15, 0.2) is 0 Å². The van der Waals surface area contributed by atoms with E-state index in [0.717, 1.165) is 10.9 Å². The molecule has 0 saturated carbocycles. The smallest absolute Gasteiger partial charge is 0.416 e. The van der Waals surface area contributed by atoms with E-state index in [1.54, 1.807) is 12.1 Å². The largest absolute Gasteiger partial charge is 0.488 e. The van der Waals surface area contributed by atoms with Gasteiger partial charge in [-0.05, 0) is 41.8 Å². The van der Waals surface area contributed by atoms with Gasteiger partial charge in [0, 0.05) is 16.5 Å². The number of amides is 1. The Balaban J connectivity index is 1.68. The molecule has 3 rings (SSSR count). The zero-order valence-electron chi connectivity index (χ0n) is 15.1. The Labute approximate surface area is 172 Å². The minimum Gasteiger partial charge on any atom is -0.488 e. The molecule has 0 aliphatic carbocycles. The standard InChI is InChI=1S/C19H14F3N3O4S/c20-19(21,22)13-6-7-16(17(10-13)25(27)28)23-24-18(26)12-3-1-4-14(9-12)29-11-15-5-2-8-30-15/h1-10,23H,11H2,(H,24,26). The summed E-state index contributed by atoms with van der Waals surface area (Å²) in [5.74, 6) is -0.206. The molecule has 7 nitrogen and oxygen atoms in total. The number of rotatable bonds is 7. The van der Waals surface area contributed by atoms with E-state index >= 15 is 0 Å². The molecule has 156 valence electrons. The molecule has 0 bridgehead atoms. The Morgan fingerprint density at radius 3 is 2.60 bits per heavy atom. The fraction of sp³-hybridized carbons (Fsp3) is 0.105. The SMILES string of the molecule is O=C(NNc1ccc(C(F)(F)F)cc1[N+](=O)[O-])c1cccc(OCc2cccs2)c1. The Hall–Kier alpha value is -3.60. The lowest BCUT2D eigenvalue weighted by molar-refractivity contribution is -0.384. The third-order valence-electron chi connectivity index (χ3n) is 3.89. The number of carbonyl (C=O) groups excluding carboxylic acids is 1. The Morgan fingerprint density at radius 2 is 1.93 bits per heavy atom. The number of nitrogens with zero attached hydrogens (tertiary/aromatic N) is 1. The molecule has 0 saturated heterocycles. The number of nitro benzene ring substituents is 1.